The zero-order valence-corrected chi connectivity index (χ0v) is 28.8. The van der Waals surface area contributed by atoms with Gasteiger partial charge in [-0.25, -0.2) is 9.78 Å². The molecule has 1 saturated heterocycles. The standard InChI is InChI=1S/C35H37Cl2F3N6O2/c1-21(2)44-12-14-45(15-13-44)30-9-7-27(19-29(30)37)42-33-41-11-10-31(43-33)46(20-25-18-26(35(38,39)40)6-8-28(25)36)34(47)48-32-23(4)16-22(3)17-24(32)5/h6-11,16-19,21H,12-15,20H2,1-5H3,(H,41,42,43). The second kappa shape index (κ2) is 14.6. The maximum absolute atomic E-state index is 13.8. The van der Waals surface area contributed by atoms with E-state index in [1.807, 2.05) is 45.0 Å². The van der Waals surface area contributed by atoms with Gasteiger partial charge in [0.05, 0.1) is 22.8 Å². The third-order valence-electron chi connectivity index (χ3n) is 8.22. The van der Waals surface area contributed by atoms with Gasteiger partial charge in [-0.05, 0) is 93.8 Å². The molecule has 0 spiro atoms. The van der Waals surface area contributed by atoms with Crippen molar-refractivity contribution in [2.45, 2.75) is 53.4 Å². The van der Waals surface area contributed by atoms with Gasteiger partial charge in [-0.15, -0.1) is 0 Å². The molecule has 3 aromatic carbocycles. The molecule has 1 aromatic heterocycles. The van der Waals surface area contributed by atoms with E-state index in [9.17, 15) is 18.0 Å². The monoisotopic (exact) mass is 700 g/mol. The van der Waals surface area contributed by atoms with E-state index in [0.717, 1.165) is 71.7 Å². The van der Waals surface area contributed by atoms with Crippen molar-refractivity contribution in [2.24, 2.45) is 0 Å². The molecule has 1 fully saturated rings. The molecule has 1 N–H and O–H groups in total. The molecular formula is C35H37Cl2F3N6O2. The largest absolute Gasteiger partial charge is 0.421 e. The highest BCUT2D eigenvalue weighted by Gasteiger charge is 2.32. The van der Waals surface area contributed by atoms with Crippen LogP contribution in [-0.4, -0.2) is 53.2 Å². The number of alkyl halides is 3. The fourth-order valence-electron chi connectivity index (χ4n) is 5.76. The fraction of sp³-hybridized carbons (Fsp3) is 0.343. The van der Waals surface area contributed by atoms with Gasteiger partial charge in [0.2, 0.25) is 5.95 Å². The van der Waals surface area contributed by atoms with Crippen LogP contribution in [0.25, 0.3) is 0 Å². The molecule has 2 heterocycles. The number of piperazine rings is 1. The quantitative estimate of drug-likeness (QED) is 0.196. The predicted octanol–water partition coefficient (Wildman–Crippen LogP) is 9.21. The molecule has 1 aliphatic heterocycles. The number of rotatable bonds is 8. The van der Waals surface area contributed by atoms with E-state index in [1.165, 1.54) is 12.3 Å². The number of ether oxygens (including phenoxy) is 1. The predicted molar refractivity (Wildman–Crippen MR) is 185 cm³/mol. The smallest absolute Gasteiger partial charge is 0.409 e. The minimum atomic E-state index is -4.61. The summed E-state index contributed by atoms with van der Waals surface area (Å²) in [4.78, 5) is 28.4. The summed E-state index contributed by atoms with van der Waals surface area (Å²) in [5, 5.41) is 3.73. The Bertz CT molecular complexity index is 1770. The highest BCUT2D eigenvalue weighted by molar-refractivity contribution is 6.33. The van der Waals surface area contributed by atoms with Crippen LogP contribution in [0, 0.1) is 20.8 Å². The van der Waals surface area contributed by atoms with Gasteiger partial charge in [-0.3, -0.25) is 9.80 Å². The Hall–Kier alpha value is -4.06. The van der Waals surface area contributed by atoms with E-state index >= 15 is 0 Å². The van der Waals surface area contributed by atoms with Gasteiger partial charge in [-0.1, -0.05) is 40.9 Å². The summed E-state index contributed by atoms with van der Waals surface area (Å²) in [6.45, 7) is 13.2. The summed E-state index contributed by atoms with van der Waals surface area (Å²) < 4.78 is 46.6. The van der Waals surface area contributed by atoms with Crippen LogP contribution in [-0.2, 0) is 12.7 Å². The second-order valence-corrected chi connectivity index (χ2v) is 12.9. The summed E-state index contributed by atoms with van der Waals surface area (Å²) in [6, 6.07) is 14.2. The molecule has 13 heteroatoms. The SMILES string of the molecule is Cc1cc(C)c(OC(=O)N(Cc2cc(C(F)(F)F)ccc2Cl)c2ccnc(Nc3ccc(N4CCN(C(C)C)CC4)c(Cl)c3)n2)c(C)c1. The first kappa shape index (κ1) is 35.3. The molecule has 8 nitrogen and oxygen atoms in total. The topological polar surface area (TPSA) is 73.8 Å². The molecule has 0 atom stereocenters. The number of benzene rings is 3. The summed E-state index contributed by atoms with van der Waals surface area (Å²) in [7, 11) is 0. The Kier molecular flexibility index (Phi) is 10.7. The lowest BCUT2D eigenvalue weighted by Crippen LogP contribution is -2.49. The molecule has 1 aliphatic rings. The van der Waals surface area contributed by atoms with Crippen LogP contribution < -0.4 is 19.9 Å². The van der Waals surface area contributed by atoms with E-state index < -0.39 is 17.8 Å². The first-order chi connectivity index (χ1) is 22.7. The number of anilines is 4. The Morgan fingerprint density at radius 2 is 1.65 bits per heavy atom. The van der Waals surface area contributed by atoms with Gasteiger partial charge in [0.25, 0.3) is 0 Å². The maximum atomic E-state index is 13.8. The van der Waals surface area contributed by atoms with Gasteiger partial charge in [0.15, 0.2) is 0 Å². The Balaban J connectivity index is 1.42. The van der Waals surface area contributed by atoms with Crippen LogP contribution in [0.3, 0.4) is 0 Å². The molecule has 0 radical (unpaired) electrons. The van der Waals surface area contributed by atoms with Crippen LogP contribution in [0.5, 0.6) is 5.75 Å². The lowest BCUT2D eigenvalue weighted by molar-refractivity contribution is -0.137. The van der Waals surface area contributed by atoms with Crippen molar-refractivity contribution in [1.82, 2.24) is 14.9 Å². The van der Waals surface area contributed by atoms with Crippen LogP contribution in [0.4, 0.5) is 41.1 Å². The number of amides is 1. The van der Waals surface area contributed by atoms with Crippen molar-refractivity contribution >= 4 is 52.4 Å². The van der Waals surface area contributed by atoms with Gasteiger partial charge in [0, 0.05) is 49.1 Å². The van der Waals surface area contributed by atoms with Crippen molar-refractivity contribution in [2.75, 3.05) is 41.3 Å². The molecule has 0 unspecified atom stereocenters. The third kappa shape index (κ3) is 8.32. The average Bonchev–Trinajstić information content (AvgIpc) is 3.02. The van der Waals surface area contributed by atoms with Crippen LogP contribution in [0.1, 0.15) is 41.7 Å². The first-order valence-electron chi connectivity index (χ1n) is 15.5. The second-order valence-electron chi connectivity index (χ2n) is 12.1. The summed E-state index contributed by atoms with van der Waals surface area (Å²) in [5.74, 6) is 0.565. The number of halogens is 5. The minimum Gasteiger partial charge on any atom is -0.409 e. The van der Waals surface area contributed by atoms with Gasteiger partial charge >= 0.3 is 12.3 Å². The van der Waals surface area contributed by atoms with E-state index in [0.29, 0.717) is 22.5 Å². The molecule has 48 heavy (non-hydrogen) atoms. The Labute approximate surface area is 288 Å². The molecule has 0 saturated carbocycles. The molecule has 1 amide bonds. The number of hydrogen-bond acceptors (Lipinski definition) is 7. The van der Waals surface area contributed by atoms with Crippen LogP contribution >= 0.6 is 23.2 Å². The van der Waals surface area contributed by atoms with Crippen molar-refractivity contribution in [3.63, 3.8) is 0 Å². The zero-order valence-electron chi connectivity index (χ0n) is 27.3. The van der Waals surface area contributed by atoms with Crippen LogP contribution in [0.15, 0.2) is 60.8 Å². The molecule has 0 bridgehead atoms. The average molecular weight is 702 g/mol. The van der Waals surface area contributed by atoms with E-state index in [1.54, 1.807) is 6.07 Å². The molecule has 0 aliphatic carbocycles. The number of nitrogens with one attached hydrogen (secondary N) is 1. The molecular weight excluding hydrogens is 664 g/mol. The number of carbonyl (C=O) groups is 1. The molecule has 4 aromatic rings. The van der Waals surface area contributed by atoms with Crippen molar-refractivity contribution in [3.8, 4) is 5.75 Å². The minimum absolute atomic E-state index is 0.0521. The van der Waals surface area contributed by atoms with E-state index in [4.69, 9.17) is 27.9 Å². The van der Waals surface area contributed by atoms with Gasteiger partial charge < -0.3 is 15.0 Å². The fourth-order valence-corrected chi connectivity index (χ4v) is 6.24. The lowest BCUT2D eigenvalue weighted by atomic mass is 10.1. The zero-order chi connectivity index (χ0) is 34.7. The number of aryl methyl sites for hydroxylation is 3. The normalized spacial score (nSPS) is 13.9. The summed E-state index contributed by atoms with van der Waals surface area (Å²) in [6.07, 6.45) is -4.02. The van der Waals surface area contributed by atoms with Crippen molar-refractivity contribution < 1.29 is 22.7 Å². The van der Waals surface area contributed by atoms with Crippen molar-refractivity contribution in [3.05, 3.63) is 98.7 Å². The summed E-state index contributed by atoms with van der Waals surface area (Å²) >= 11 is 13.1. The summed E-state index contributed by atoms with van der Waals surface area (Å²) in [5.41, 5.74) is 3.15. The number of aromatic nitrogens is 2. The molecule has 254 valence electrons. The first-order valence-corrected chi connectivity index (χ1v) is 16.3. The lowest BCUT2D eigenvalue weighted by Gasteiger charge is -2.38. The van der Waals surface area contributed by atoms with Crippen molar-refractivity contribution in [1.29, 1.82) is 0 Å². The maximum Gasteiger partial charge on any atom is 0.421 e. The number of carbonyl (C=O) groups excluding carboxylic acids is 1. The Morgan fingerprint density at radius 1 is 0.958 bits per heavy atom. The van der Waals surface area contributed by atoms with Gasteiger partial charge in [-0.2, -0.15) is 18.2 Å². The van der Waals surface area contributed by atoms with E-state index in [2.05, 4.69) is 38.9 Å². The molecule has 5 rings (SSSR count). The number of nitrogens with zero attached hydrogens (tertiary/aromatic N) is 5. The van der Waals surface area contributed by atoms with E-state index in [-0.39, 0.29) is 28.9 Å². The van der Waals surface area contributed by atoms with Gasteiger partial charge in [0.1, 0.15) is 11.6 Å². The highest BCUT2D eigenvalue weighted by atomic mass is 35.5. The highest BCUT2D eigenvalue weighted by Crippen LogP contribution is 2.34. The van der Waals surface area contributed by atoms with Crippen LogP contribution in [0.2, 0.25) is 10.0 Å². The Morgan fingerprint density at radius 3 is 2.27 bits per heavy atom. The third-order valence-corrected chi connectivity index (χ3v) is 8.89. The number of hydrogen-bond donors (Lipinski definition) is 1.